The Balaban J connectivity index is 1.45. The Morgan fingerprint density at radius 3 is 2.42 bits per heavy atom. The molecule has 2 aliphatic heterocycles. The van der Waals surface area contributed by atoms with E-state index in [0.29, 0.717) is 22.6 Å². The number of amides is 2. The molecule has 0 spiro atoms. The largest absolute Gasteiger partial charge is 0.477 e. The summed E-state index contributed by atoms with van der Waals surface area (Å²) in [6, 6.07) is 18.0. The van der Waals surface area contributed by atoms with Gasteiger partial charge >= 0.3 is 5.97 Å². The van der Waals surface area contributed by atoms with Gasteiger partial charge in [0, 0.05) is 17.5 Å². The lowest BCUT2D eigenvalue weighted by Gasteiger charge is -2.49. The number of β-lactam (4-membered cyclic amide) rings is 1. The minimum absolute atomic E-state index is 0.0103. The Labute approximate surface area is 193 Å². The zero-order valence-electron chi connectivity index (χ0n) is 17.6. The molecular formula is C24H20N4O4S. The van der Waals surface area contributed by atoms with Gasteiger partial charge in [0.1, 0.15) is 22.8 Å². The van der Waals surface area contributed by atoms with E-state index in [4.69, 9.17) is 0 Å². The Morgan fingerprint density at radius 2 is 1.76 bits per heavy atom. The molecule has 1 saturated heterocycles. The Hall–Kier alpha value is -3.85. The molecule has 9 heteroatoms. The van der Waals surface area contributed by atoms with Crippen LogP contribution in [0.2, 0.25) is 0 Å². The highest BCUT2D eigenvalue weighted by Gasteiger charge is 2.53. The van der Waals surface area contributed by atoms with Crippen LogP contribution in [-0.4, -0.2) is 54.7 Å². The fourth-order valence-electron chi connectivity index (χ4n) is 4.06. The van der Waals surface area contributed by atoms with E-state index in [0.717, 1.165) is 11.3 Å². The van der Waals surface area contributed by atoms with Crippen molar-refractivity contribution in [3.63, 3.8) is 0 Å². The smallest absolute Gasteiger partial charge is 0.352 e. The quantitative estimate of drug-likeness (QED) is 0.568. The van der Waals surface area contributed by atoms with Gasteiger partial charge in [-0.15, -0.1) is 11.8 Å². The van der Waals surface area contributed by atoms with Crippen LogP contribution in [0.25, 0.3) is 16.9 Å². The van der Waals surface area contributed by atoms with Crippen LogP contribution >= 0.6 is 11.8 Å². The first kappa shape index (κ1) is 21.0. The summed E-state index contributed by atoms with van der Waals surface area (Å²) in [5.41, 5.74) is 3.06. The maximum Gasteiger partial charge on any atom is 0.352 e. The number of carbonyl (C=O) groups excluding carboxylic acids is 2. The van der Waals surface area contributed by atoms with E-state index in [2.05, 4.69) is 10.4 Å². The fourth-order valence-corrected chi connectivity index (χ4v) is 5.35. The molecule has 3 heterocycles. The lowest BCUT2D eigenvalue weighted by atomic mass is 10.0. The van der Waals surface area contributed by atoms with Crippen LogP contribution in [-0.2, 0) is 9.59 Å². The molecule has 0 bridgehead atoms. The zero-order valence-corrected chi connectivity index (χ0v) is 18.5. The number of aliphatic carboxylic acids is 1. The molecule has 0 aliphatic carbocycles. The minimum atomic E-state index is -1.13. The van der Waals surface area contributed by atoms with E-state index in [1.54, 1.807) is 17.8 Å². The number of carbonyl (C=O) groups is 3. The van der Waals surface area contributed by atoms with Crippen LogP contribution in [0.15, 0.2) is 78.1 Å². The summed E-state index contributed by atoms with van der Waals surface area (Å²) >= 11 is 1.44. The molecule has 2 amide bonds. The van der Waals surface area contributed by atoms with Gasteiger partial charge in [-0.2, -0.15) is 5.10 Å². The van der Waals surface area contributed by atoms with Crippen molar-refractivity contribution >= 4 is 29.5 Å². The molecule has 0 radical (unpaired) electrons. The van der Waals surface area contributed by atoms with Gasteiger partial charge in [-0.1, -0.05) is 48.5 Å². The Bertz CT molecular complexity index is 1290. The number of para-hydroxylation sites is 1. The van der Waals surface area contributed by atoms with Crippen molar-refractivity contribution in [1.29, 1.82) is 0 Å². The van der Waals surface area contributed by atoms with E-state index >= 15 is 0 Å². The summed E-state index contributed by atoms with van der Waals surface area (Å²) in [6.07, 6.45) is 1.65. The SMILES string of the molecule is CC1=C(C(=O)O)N2C(=O)[C@H](NC(=O)c3cn(-c4ccccc4)nc3-c3ccccc3)[C@@H]2SC1. The molecule has 0 saturated carbocycles. The van der Waals surface area contributed by atoms with E-state index in [9.17, 15) is 19.5 Å². The number of nitrogens with zero attached hydrogens (tertiary/aromatic N) is 3. The van der Waals surface area contributed by atoms with Crippen molar-refractivity contribution in [2.45, 2.75) is 18.3 Å². The standard InChI is InChI=1S/C24H20N4O4S/c1-14-13-33-23-19(22(30)28(23)20(14)24(31)32)25-21(29)17-12-27(16-10-6-3-7-11-16)26-18(17)15-8-4-2-5-9-15/h2-12,19,23H,13H2,1H3,(H,25,29)(H,31,32)/t19-,23-/m0/s1. The molecule has 2 aliphatic rings. The second kappa shape index (κ2) is 8.25. The van der Waals surface area contributed by atoms with E-state index in [1.807, 2.05) is 60.7 Å². The molecule has 2 atom stereocenters. The van der Waals surface area contributed by atoms with Gasteiger partial charge in [0.2, 0.25) is 0 Å². The summed E-state index contributed by atoms with van der Waals surface area (Å²) < 4.78 is 1.64. The number of hydrogen-bond acceptors (Lipinski definition) is 5. The third-order valence-electron chi connectivity index (χ3n) is 5.67. The molecular weight excluding hydrogens is 440 g/mol. The maximum absolute atomic E-state index is 13.3. The summed E-state index contributed by atoms with van der Waals surface area (Å²) in [6.45, 7) is 1.70. The number of benzene rings is 2. The van der Waals surface area contributed by atoms with Gasteiger partial charge < -0.3 is 10.4 Å². The minimum Gasteiger partial charge on any atom is -0.477 e. The van der Waals surface area contributed by atoms with Crippen LogP contribution in [0.3, 0.4) is 0 Å². The zero-order chi connectivity index (χ0) is 23.1. The second-order valence-electron chi connectivity index (χ2n) is 7.83. The summed E-state index contributed by atoms with van der Waals surface area (Å²) in [5, 5.41) is 16.5. The highest BCUT2D eigenvalue weighted by Crippen LogP contribution is 2.40. The number of aromatic nitrogens is 2. The van der Waals surface area contributed by atoms with Crippen molar-refractivity contribution in [2.75, 3.05) is 5.75 Å². The van der Waals surface area contributed by atoms with Crippen molar-refractivity contribution in [3.05, 3.63) is 83.7 Å². The molecule has 3 aromatic rings. The summed E-state index contributed by atoms with van der Waals surface area (Å²) in [7, 11) is 0. The van der Waals surface area contributed by atoms with Gasteiger partial charge in [0.05, 0.1) is 11.3 Å². The lowest BCUT2D eigenvalue weighted by Crippen LogP contribution is -2.70. The van der Waals surface area contributed by atoms with Crippen LogP contribution in [0.1, 0.15) is 17.3 Å². The van der Waals surface area contributed by atoms with Gasteiger partial charge in [-0.3, -0.25) is 14.5 Å². The normalized spacial score (nSPS) is 19.7. The molecule has 33 heavy (non-hydrogen) atoms. The average molecular weight is 461 g/mol. The monoisotopic (exact) mass is 460 g/mol. The van der Waals surface area contributed by atoms with Crippen LogP contribution in [0.4, 0.5) is 0 Å². The number of carboxylic acid groups (broad SMARTS) is 1. The van der Waals surface area contributed by atoms with E-state index < -0.39 is 29.2 Å². The molecule has 1 fully saturated rings. The number of nitrogens with one attached hydrogen (secondary N) is 1. The summed E-state index contributed by atoms with van der Waals surface area (Å²) in [4.78, 5) is 39.0. The van der Waals surface area contributed by atoms with Crippen LogP contribution < -0.4 is 5.32 Å². The maximum atomic E-state index is 13.3. The van der Waals surface area contributed by atoms with Gasteiger partial charge in [0.25, 0.3) is 11.8 Å². The van der Waals surface area contributed by atoms with E-state index in [-0.39, 0.29) is 5.70 Å². The van der Waals surface area contributed by atoms with Gasteiger partial charge in [0.15, 0.2) is 0 Å². The van der Waals surface area contributed by atoms with Crippen LogP contribution in [0, 0.1) is 0 Å². The van der Waals surface area contributed by atoms with Crippen molar-refractivity contribution in [2.24, 2.45) is 0 Å². The molecule has 2 aromatic carbocycles. The van der Waals surface area contributed by atoms with Crippen molar-refractivity contribution in [3.8, 4) is 16.9 Å². The first-order valence-electron chi connectivity index (χ1n) is 10.3. The number of fused-ring (bicyclic) bond motifs is 1. The first-order valence-corrected chi connectivity index (χ1v) is 11.4. The highest BCUT2D eigenvalue weighted by molar-refractivity contribution is 8.00. The molecule has 166 valence electrons. The predicted octanol–water partition coefficient (Wildman–Crippen LogP) is 2.91. The summed E-state index contributed by atoms with van der Waals surface area (Å²) in [5.74, 6) is -1.50. The van der Waals surface area contributed by atoms with Crippen molar-refractivity contribution < 1.29 is 19.5 Å². The number of thioether (sulfide) groups is 1. The number of carboxylic acids is 1. The molecule has 2 N–H and O–H groups in total. The first-order chi connectivity index (χ1) is 16.0. The van der Waals surface area contributed by atoms with Gasteiger partial charge in [-0.25, -0.2) is 9.48 Å². The number of hydrogen-bond donors (Lipinski definition) is 2. The lowest BCUT2D eigenvalue weighted by molar-refractivity contribution is -0.148. The highest BCUT2D eigenvalue weighted by atomic mass is 32.2. The Kier molecular flexibility index (Phi) is 5.26. The third-order valence-corrected chi connectivity index (χ3v) is 7.10. The molecule has 1 aromatic heterocycles. The van der Waals surface area contributed by atoms with E-state index in [1.165, 1.54) is 16.7 Å². The number of rotatable bonds is 5. The molecule has 0 unspecified atom stereocenters. The average Bonchev–Trinajstić information content (AvgIpc) is 3.29. The topological polar surface area (TPSA) is 105 Å². The molecule has 5 rings (SSSR count). The Morgan fingerprint density at radius 1 is 1.09 bits per heavy atom. The molecule has 8 nitrogen and oxygen atoms in total. The van der Waals surface area contributed by atoms with Crippen LogP contribution in [0.5, 0.6) is 0 Å². The van der Waals surface area contributed by atoms with Gasteiger partial charge in [-0.05, 0) is 24.6 Å². The predicted molar refractivity (Wildman–Crippen MR) is 124 cm³/mol. The van der Waals surface area contributed by atoms with Crippen molar-refractivity contribution in [1.82, 2.24) is 20.0 Å². The fraction of sp³-hybridized carbons (Fsp3) is 0.167. The second-order valence-corrected chi connectivity index (χ2v) is 8.94. The third kappa shape index (κ3) is 3.60.